The largest absolute Gasteiger partial charge is 0.398 e. The summed E-state index contributed by atoms with van der Waals surface area (Å²) < 4.78 is 0.791. The van der Waals surface area contributed by atoms with Gasteiger partial charge in [-0.2, -0.15) is 0 Å². The Morgan fingerprint density at radius 1 is 1.26 bits per heavy atom. The Hall–Kier alpha value is -1.81. The van der Waals surface area contributed by atoms with Crippen LogP contribution in [0.3, 0.4) is 0 Å². The minimum absolute atomic E-state index is 0.0347. The van der Waals surface area contributed by atoms with Crippen LogP contribution in [-0.2, 0) is 11.2 Å². The summed E-state index contributed by atoms with van der Waals surface area (Å²) in [6, 6.07) is 13.5. The van der Waals surface area contributed by atoms with E-state index in [0.29, 0.717) is 5.69 Å². The van der Waals surface area contributed by atoms with E-state index in [1.165, 1.54) is 5.56 Å². The smallest absolute Gasteiger partial charge is 0.232 e. The molecule has 3 rings (SSSR count). The van der Waals surface area contributed by atoms with Crippen LogP contribution in [0.1, 0.15) is 17.0 Å². The van der Waals surface area contributed by atoms with Crippen LogP contribution in [0.2, 0.25) is 0 Å². The molecule has 4 heteroatoms. The molecule has 0 spiro atoms. The molecule has 1 aliphatic rings. The summed E-state index contributed by atoms with van der Waals surface area (Å²) in [6.07, 6.45) is 0.818. The molecule has 0 bridgehead atoms. The first-order valence-electron chi connectivity index (χ1n) is 6.09. The molecule has 2 aromatic rings. The van der Waals surface area contributed by atoms with Crippen molar-refractivity contribution < 1.29 is 4.79 Å². The van der Waals surface area contributed by atoms with Crippen molar-refractivity contribution in [3.63, 3.8) is 0 Å². The number of hydrogen-bond donors (Lipinski definition) is 2. The summed E-state index contributed by atoms with van der Waals surface area (Å²) in [5.74, 6) is 0.00269. The topological polar surface area (TPSA) is 55.1 Å². The molecule has 3 nitrogen and oxygen atoms in total. The van der Waals surface area contributed by atoms with Gasteiger partial charge < -0.3 is 11.1 Å². The molecule has 0 aromatic heterocycles. The number of anilines is 2. The normalized spacial score (nSPS) is 16.4. The molecular weight excluding hydrogens is 304 g/mol. The Morgan fingerprint density at radius 3 is 2.79 bits per heavy atom. The molecule has 0 heterocycles. The van der Waals surface area contributed by atoms with Gasteiger partial charge >= 0.3 is 0 Å². The van der Waals surface area contributed by atoms with Crippen molar-refractivity contribution in [1.82, 2.24) is 0 Å². The highest BCUT2D eigenvalue weighted by Crippen LogP contribution is 2.35. The highest BCUT2D eigenvalue weighted by atomic mass is 79.9. The molecule has 0 fully saturated rings. The number of nitrogens with two attached hydrogens (primary N) is 1. The third kappa shape index (κ3) is 2.24. The summed E-state index contributed by atoms with van der Waals surface area (Å²) in [7, 11) is 0. The van der Waals surface area contributed by atoms with E-state index < -0.39 is 0 Å². The van der Waals surface area contributed by atoms with E-state index in [1.807, 2.05) is 30.3 Å². The zero-order valence-corrected chi connectivity index (χ0v) is 11.8. The van der Waals surface area contributed by atoms with Gasteiger partial charge in [-0.15, -0.1) is 0 Å². The molecule has 0 aliphatic heterocycles. The van der Waals surface area contributed by atoms with Crippen LogP contribution >= 0.6 is 15.9 Å². The van der Waals surface area contributed by atoms with Gasteiger partial charge in [0, 0.05) is 15.8 Å². The number of halogens is 1. The molecule has 1 amide bonds. The Balaban J connectivity index is 1.75. The summed E-state index contributed by atoms with van der Waals surface area (Å²) >= 11 is 3.35. The number of amides is 1. The Bertz CT molecular complexity index is 654. The molecular formula is C15H13BrN2O. The van der Waals surface area contributed by atoms with E-state index in [4.69, 9.17) is 5.73 Å². The van der Waals surface area contributed by atoms with Gasteiger partial charge in [0.05, 0.1) is 5.92 Å². The predicted octanol–water partition coefficient (Wildman–Crippen LogP) is 3.31. The molecule has 1 atom stereocenters. The fraction of sp³-hybridized carbons (Fsp3) is 0.133. The maximum atomic E-state index is 12.2. The minimum Gasteiger partial charge on any atom is -0.398 e. The van der Waals surface area contributed by atoms with Crippen LogP contribution < -0.4 is 11.1 Å². The monoisotopic (exact) mass is 316 g/mol. The highest BCUT2D eigenvalue weighted by Gasteiger charge is 2.31. The minimum atomic E-state index is -0.0347. The van der Waals surface area contributed by atoms with Crippen molar-refractivity contribution in [3.05, 3.63) is 58.1 Å². The molecule has 2 aromatic carbocycles. The van der Waals surface area contributed by atoms with Crippen LogP contribution in [-0.4, -0.2) is 5.91 Å². The highest BCUT2D eigenvalue weighted by molar-refractivity contribution is 9.10. The first-order chi connectivity index (χ1) is 9.15. The number of carbonyl (C=O) groups is 1. The summed E-state index contributed by atoms with van der Waals surface area (Å²) in [6.45, 7) is 0. The number of fused-ring (bicyclic) bond motifs is 1. The molecule has 3 N–H and O–H groups in total. The Labute approximate surface area is 119 Å². The Morgan fingerprint density at radius 2 is 2.05 bits per heavy atom. The molecule has 96 valence electrons. The number of carbonyl (C=O) groups excluding carboxylic acids is 1. The van der Waals surface area contributed by atoms with Crippen molar-refractivity contribution in [2.75, 3.05) is 11.1 Å². The zero-order chi connectivity index (χ0) is 13.4. The van der Waals surface area contributed by atoms with Crippen LogP contribution in [0.15, 0.2) is 46.9 Å². The van der Waals surface area contributed by atoms with Crippen molar-refractivity contribution >= 4 is 33.2 Å². The van der Waals surface area contributed by atoms with Gasteiger partial charge in [0.15, 0.2) is 0 Å². The molecule has 0 saturated heterocycles. The number of nitrogens with one attached hydrogen (secondary N) is 1. The van der Waals surface area contributed by atoms with Gasteiger partial charge in [0.25, 0.3) is 0 Å². The molecule has 0 saturated carbocycles. The molecule has 0 radical (unpaired) electrons. The van der Waals surface area contributed by atoms with Crippen molar-refractivity contribution in [3.8, 4) is 0 Å². The lowest BCUT2D eigenvalue weighted by Crippen LogP contribution is -2.30. The summed E-state index contributed by atoms with van der Waals surface area (Å²) in [5.41, 5.74) is 9.54. The van der Waals surface area contributed by atoms with E-state index in [-0.39, 0.29) is 11.8 Å². The lowest BCUT2D eigenvalue weighted by Gasteiger charge is -2.28. The fourth-order valence-corrected chi connectivity index (χ4v) is 2.71. The standard InChI is InChI=1S/C15H13BrN2O/c16-13-8-10(5-6-14(13)17)18-15(19)12-7-9-3-1-2-4-11(9)12/h1-6,8,12H,7,17H2,(H,18,19). The second-order valence-corrected chi connectivity index (χ2v) is 5.54. The van der Waals surface area contributed by atoms with E-state index in [2.05, 4.69) is 27.3 Å². The third-order valence-electron chi connectivity index (χ3n) is 3.44. The second-order valence-electron chi connectivity index (χ2n) is 4.68. The van der Waals surface area contributed by atoms with Crippen LogP contribution in [0.25, 0.3) is 0 Å². The predicted molar refractivity (Wildman–Crippen MR) is 80.1 cm³/mol. The average molecular weight is 317 g/mol. The summed E-state index contributed by atoms with van der Waals surface area (Å²) in [5, 5.41) is 2.93. The fourth-order valence-electron chi connectivity index (χ4n) is 2.33. The number of rotatable bonds is 2. The van der Waals surface area contributed by atoms with Crippen molar-refractivity contribution in [1.29, 1.82) is 0 Å². The van der Waals surface area contributed by atoms with Gasteiger partial charge in [-0.3, -0.25) is 4.79 Å². The molecule has 1 unspecified atom stereocenters. The van der Waals surface area contributed by atoms with Gasteiger partial charge in [-0.05, 0) is 51.7 Å². The molecule has 19 heavy (non-hydrogen) atoms. The molecule has 1 aliphatic carbocycles. The maximum Gasteiger partial charge on any atom is 0.232 e. The van der Waals surface area contributed by atoms with Gasteiger partial charge in [-0.25, -0.2) is 0 Å². The zero-order valence-electron chi connectivity index (χ0n) is 10.2. The SMILES string of the molecule is Nc1ccc(NC(=O)C2Cc3ccccc32)cc1Br. The van der Waals surface area contributed by atoms with E-state index >= 15 is 0 Å². The number of nitrogen functional groups attached to an aromatic ring is 1. The third-order valence-corrected chi connectivity index (χ3v) is 4.13. The lowest BCUT2D eigenvalue weighted by atomic mass is 9.77. The van der Waals surface area contributed by atoms with Crippen LogP contribution in [0.5, 0.6) is 0 Å². The summed E-state index contributed by atoms with van der Waals surface area (Å²) in [4.78, 5) is 12.2. The van der Waals surface area contributed by atoms with E-state index in [1.54, 1.807) is 6.07 Å². The maximum absolute atomic E-state index is 12.2. The first-order valence-corrected chi connectivity index (χ1v) is 6.88. The van der Waals surface area contributed by atoms with Crippen LogP contribution in [0, 0.1) is 0 Å². The lowest BCUT2D eigenvalue weighted by molar-refractivity contribution is -0.118. The quantitative estimate of drug-likeness (QED) is 0.835. The van der Waals surface area contributed by atoms with Crippen LogP contribution in [0.4, 0.5) is 11.4 Å². The number of benzene rings is 2. The second kappa shape index (κ2) is 4.70. The van der Waals surface area contributed by atoms with Gasteiger partial charge in [0.1, 0.15) is 0 Å². The number of hydrogen-bond acceptors (Lipinski definition) is 2. The van der Waals surface area contributed by atoms with E-state index in [9.17, 15) is 4.79 Å². The van der Waals surface area contributed by atoms with Gasteiger partial charge in [0.2, 0.25) is 5.91 Å². The van der Waals surface area contributed by atoms with Crippen molar-refractivity contribution in [2.45, 2.75) is 12.3 Å². The average Bonchev–Trinajstić information content (AvgIpc) is 2.35. The van der Waals surface area contributed by atoms with E-state index in [0.717, 1.165) is 22.1 Å². The van der Waals surface area contributed by atoms with Gasteiger partial charge in [-0.1, -0.05) is 24.3 Å². The van der Waals surface area contributed by atoms with Crippen molar-refractivity contribution in [2.24, 2.45) is 0 Å². The Kier molecular flexibility index (Phi) is 3.03. The first kappa shape index (κ1) is 12.2.